The number of nitrogens with zero attached hydrogens (tertiary/aromatic N) is 2. The summed E-state index contributed by atoms with van der Waals surface area (Å²) in [6.07, 6.45) is 0. The first-order valence-electron chi connectivity index (χ1n) is 9.41. The molecular formula is C25H20N2O. The van der Waals surface area contributed by atoms with Gasteiger partial charge >= 0.3 is 0 Å². The van der Waals surface area contributed by atoms with Gasteiger partial charge in [-0.25, -0.2) is 0 Å². The molecule has 0 aliphatic heterocycles. The molecule has 3 aromatic carbocycles. The minimum Gasteiger partial charge on any atom is -0.310 e. The van der Waals surface area contributed by atoms with E-state index in [1.807, 2.05) is 55.6 Å². The van der Waals surface area contributed by atoms with E-state index in [1.165, 1.54) is 0 Å². The van der Waals surface area contributed by atoms with E-state index in [1.54, 1.807) is 4.57 Å². The Kier molecular flexibility index (Phi) is 3.69. The zero-order chi connectivity index (χ0) is 19.3. The number of aryl methyl sites for hydroxylation is 2. The van der Waals surface area contributed by atoms with E-state index in [9.17, 15) is 4.79 Å². The van der Waals surface area contributed by atoms with Crippen LogP contribution in [0.1, 0.15) is 5.56 Å². The highest BCUT2D eigenvalue weighted by atomic mass is 16.1. The van der Waals surface area contributed by atoms with Crippen molar-refractivity contribution in [1.82, 2.24) is 9.13 Å². The Morgan fingerprint density at radius 1 is 0.750 bits per heavy atom. The normalized spacial score (nSPS) is 11.4. The van der Waals surface area contributed by atoms with Crippen LogP contribution >= 0.6 is 0 Å². The van der Waals surface area contributed by atoms with Gasteiger partial charge in [0.2, 0.25) is 0 Å². The number of fused-ring (bicyclic) bond motifs is 3. The lowest BCUT2D eigenvalue weighted by atomic mass is 10.1. The third kappa shape index (κ3) is 2.33. The molecule has 0 fully saturated rings. The first kappa shape index (κ1) is 16.6. The highest BCUT2D eigenvalue weighted by Crippen LogP contribution is 2.34. The lowest BCUT2D eigenvalue weighted by molar-refractivity contribution is 0.907. The largest absolute Gasteiger partial charge is 0.310 e. The van der Waals surface area contributed by atoms with Crippen molar-refractivity contribution in [2.45, 2.75) is 6.92 Å². The molecule has 28 heavy (non-hydrogen) atoms. The Morgan fingerprint density at radius 2 is 1.43 bits per heavy atom. The van der Waals surface area contributed by atoms with E-state index >= 15 is 0 Å². The molecule has 0 bridgehead atoms. The minimum absolute atomic E-state index is 0.0131. The van der Waals surface area contributed by atoms with Crippen LogP contribution < -0.4 is 5.56 Å². The molecule has 0 amide bonds. The Bertz CT molecular complexity index is 1390. The second kappa shape index (κ2) is 6.24. The molecule has 0 atom stereocenters. The van der Waals surface area contributed by atoms with Crippen molar-refractivity contribution in [2.75, 3.05) is 0 Å². The molecule has 3 nitrogen and oxygen atoms in total. The van der Waals surface area contributed by atoms with Crippen molar-refractivity contribution in [1.29, 1.82) is 0 Å². The average Bonchev–Trinajstić information content (AvgIpc) is 3.14. The number of para-hydroxylation sites is 2. The summed E-state index contributed by atoms with van der Waals surface area (Å²) in [6, 6.07) is 28.7. The van der Waals surface area contributed by atoms with Crippen LogP contribution in [0.5, 0.6) is 0 Å². The predicted octanol–water partition coefficient (Wildman–Crippen LogP) is 5.46. The van der Waals surface area contributed by atoms with Gasteiger partial charge in [0, 0.05) is 23.5 Å². The quantitative estimate of drug-likeness (QED) is 0.409. The molecule has 0 radical (unpaired) electrons. The molecular weight excluding hydrogens is 344 g/mol. The smallest absolute Gasteiger partial charge is 0.275 e. The molecule has 0 N–H and O–H groups in total. The number of pyridine rings is 1. The lowest BCUT2D eigenvalue weighted by Crippen LogP contribution is -2.19. The van der Waals surface area contributed by atoms with Crippen LogP contribution in [0.15, 0.2) is 89.7 Å². The maximum Gasteiger partial charge on any atom is 0.275 e. The number of hydrogen-bond donors (Lipinski definition) is 0. The molecule has 0 spiro atoms. The molecule has 0 unspecified atom stereocenters. The Balaban J connectivity index is 2.04. The number of benzene rings is 3. The summed E-state index contributed by atoms with van der Waals surface area (Å²) in [4.78, 5) is 13.4. The highest BCUT2D eigenvalue weighted by molar-refractivity contribution is 6.07. The second-order valence-electron chi connectivity index (χ2n) is 7.16. The third-order valence-electron chi connectivity index (χ3n) is 5.49. The van der Waals surface area contributed by atoms with Gasteiger partial charge in [0.25, 0.3) is 5.56 Å². The fourth-order valence-electron chi connectivity index (χ4n) is 4.07. The number of rotatable bonds is 2. The SMILES string of the molecule is Cc1ccccc1-n1c(-c2ccccc2)cc2c3ccccc3n(C)c(=O)c21. The van der Waals surface area contributed by atoms with Gasteiger partial charge in [-0.2, -0.15) is 0 Å². The number of hydrogen-bond acceptors (Lipinski definition) is 1. The fraction of sp³-hybridized carbons (Fsp3) is 0.0800. The van der Waals surface area contributed by atoms with Gasteiger partial charge < -0.3 is 9.13 Å². The van der Waals surface area contributed by atoms with E-state index in [0.29, 0.717) is 5.52 Å². The Labute approximate surface area is 163 Å². The van der Waals surface area contributed by atoms with Gasteiger partial charge in [-0.1, -0.05) is 66.7 Å². The van der Waals surface area contributed by atoms with Crippen LogP contribution in [0.4, 0.5) is 0 Å². The molecule has 5 aromatic rings. The first-order valence-corrected chi connectivity index (χ1v) is 9.41. The zero-order valence-corrected chi connectivity index (χ0v) is 15.9. The minimum atomic E-state index is 0.0131. The number of aromatic nitrogens is 2. The first-order chi connectivity index (χ1) is 13.7. The molecule has 0 saturated heterocycles. The van der Waals surface area contributed by atoms with Gasteiger partial charge in [-0.3, -0.25) is 4.79 Å². The average molecular weight is 364 g/mol. The van der Waals surface area contributed by atoms with E-state index in [0.717, 1.165) is 38.8 Å². The van der Waals surface area contributed by atoms with Gasteiger partial charge in [0.15, 0.2) is 0 Å². The van der Waals surface area contributed by atoms with Crippen molar-refractivity contribution in [3.63, 3.8) is 0 Å². The highest BCUT2D eigenvalue weighted by Gasteiger charge is 2.19. The van der Waals surface area contributed by atoms with E-state index in [2.05, 4.69) is 47.9 Å². The van der Waals surface area contributed by atoms with E-state index in [4.69, 9.17) is 0 Å². The van der Waals surface area contributed by atoms with E-state index in [-0.39, 0.29) is 5.56 Å². The van der Waals surface area contributed by atoms with Gasteiger partial charge in [0.05, 0.1) is 11.2 Å². The third-order valence-corrected chi connectivity index (χ3v) is 5.49. The molecule has 2 aromatic heterocycles. The van der Waals surface area contributed by atoms with Crippen molar-refractivity contribution in [3.8, 4) is 16.9 Å². The van der Waals surface area contributed by atoms with E-state index < -0.39 is 0 Å². The predicted molar refractivity (Wildman–Crippen MR) is 116 cm³/mol. The van der Waals surface area contributed by atoms with Crippen LogP contribution in [-0.4, -0.2) is 9.13 Å². The van der Waals surface area contributed by atoms with Gasteiger partial charge in [-0.05, 0) is 36.2 Å². The summed E-state index contributed by atoms with van der Waals surface area (Å²) in [5.74, 6) is 0. The van der Waals surface area contributed by atoms with Crippen LogP contribution in [0.2, 0.25) is 0 Å². The summed E-state index contributed by atoms with van der Waals surface area (Å²) in [7, 11) is 1.85. The van der Waals surface area contributed by atoms with Crippen molar-refractivity contribution < 1.29 is 0 Å². The second-order valence-corrected chi connectivity index (χ2v) is 7.16. The molecule has 0 saturated carbocycles. The maximum absolute atomic E-state index is 13.4. The van der Waals surface area contributed by atoms with Crippen LogP contribution in [-0.2, 0) is 7.05 Å². The lowest BCUT2D eigenvalue weighted by Gasteiger charge is -2.14. The Hall–Kier alpha value is -3.59. The topological polar surface area (TPSA) is 26.9 Å². The standard InChI is InChI=1S/C25H20N2O/c1-17-10-6-8-14-21(17)27-23(18-11-4-3-5-12-18)16-20-19-13-7-9-15-22(19)26(2)25(28)24(20)27/h3-16H,1-2H3. The molecule has 2 heterocycles. The van der Waals surface area contributed by atoms with Crippen LogP contribution in [0, 0.1) is 6.92 Å². The molecule has 136 valence electrons. The summed E-state index contributed by atoms with van der Waals surface area (Å²) in [5.41, 5.74) is 5.96. The monoisotopic (exact) mass is 364 g/mol. The van der Waals surface area contributed by atoms with Gasteiger partial charge in [-0.15, -0.1) is 0 Å². The summed E-state index contributed by atoms with van der Waals surface area (Å²) in [5, 5.41) is 2.07. The molecule has 0 aliphatic carbocycles. The van der Waals surface area contributed by atoms with Crippen molar-refractivity contribution in [2.24, 2.45) is 7.05 Å². The molecule has 0 aliphatic rings. The summed E-state index contributed by atoms with van der Waals surface area (Å²) in [6.45, 7) is 2.08. The van der Waals surface area contributed by atoms with Crippen molar-refractivity contribution in [3.05, 3.63) is 101 Å². The van der Waals surface area contributed by atoms with Crippen LogP contribution in [0.25, 0.3) is 38.8 Å². The zero-order valence-electron chi connectivity index (χ0n) is 15.9. The summed E-state index contributed by atoms with van der Waals surface area (Å²) < 4.78 is 3.87. The fourth-order valence-corrected chi connectivity index (χ4v) is 4.07. The molecule has 5 rings (SSSR count). The van der Waals surface area contributed by atoms with Crippen LogP contribution in [0.3, 0.4) is 0 Å². The maximum atomic E-state index is 13.4. The summed E-state index contributed by atoms with van der Waals surface area (Å²) >= 11 is 0. The van der Waals surface area contributed by atoms with Crippen molar-refractivity contribution >= 4 is 21.8 Å². The van der Waals surface area contributed by atoms with Gasteiger partial charge in [0.1, 0.15) is 5.52 Å². The Morgan fingerprint density at radius 3 is 2.21 bits per heavy atom. The molecule has 3 heteroatoms.